The number of aliphatic hydroxyl groups excluding tert-OH is 1. The fourth-order valence-electron chi connectivity index (χ4n) is 3.24. The van der Waals surface area contributed by atoms with Crippen LogP contribution in [0.2, 0.25) is 0 Å². The van der Waals surface area contributed by atoms with Gasteiger partial charge >= 0.3 is 0 Å². The van der Waals surface area contributed by atoms with Crippen molar-refractivity contribution in [1.29, 1.82) is 0 Å². The summed E-state index contributed by atoms with van der Waals surface area (Å²) < 4.78 is 5.39. The number of amides is 1. The molecule has 0 aromatic heterocycles. The molecular formula is C16H21NO3. The highest BCUT2D eigenvalue weighted by Gasteiger charge is 2.27. The minimum absolute atomic E-state index is 0.0241. The summed E-state index contributed by atoms with van der Waals surface area (Å²) in [6.45, 7) is 1.69. The molecule has 1 aliphatic carbocycles. The van der Waals surface area contributed by atoms with Crippen LogP contribution in [-0.2, 0) is 18.0 Å². The average molecular weight is 275 g/mol. The van der Waals surface area contributed by atoms with Crippen molar-refractivity contribution in [3.05, 3.63) is 34.9 Å². The van der Waals surface area contributed by atoms with Gasteiger partial charge in [-0.3, -0.25) is 4.79 Å². The van der Waals surface area contributed by atoms with Gasteiger partial charge < -0.3 is 14.7 Å². The molecule has 1 fully saturated rings. The van der Waals surface area contributed by atoms with Crippen LogP contribution in [-0.4, -0.2) is 35.1 Å². The van der Waals surface area contributed by atoms with Gasteiger partial charge in [0.2, 0.25) is 0 Å². The molecule has 1 aromatic rings. The normalized spacial score (nSPS) is 18.2. The molecule has 20 heavy (non-hydrogen) atoms. The lowest BCUT2D eigenvalue weighted by Crippen LogP contribution is -2.40. The van der Waals surface area contributed by atoms with Gasteiger partial charge in [0.25, 0.3) is 5.91 Å². The molecule has 0 unspecified atom stereocenters. The Hall–Kier alpha value is -1.39. The van der Waals surface area contributed by atoms with Crippen molar-refractivity contribution in [3.63, 3.8) is 0 Å². The highest BCUT2D eigenvalue weighted by molar-refractivity contribution is 5.94. The zero-order valence-corrected chi connectivity index (χ0v) is 11.7. The second-order valence-corrected chi connectivity index (χ2v) is 5.64. The highest BCUT2D eigenvalue weighted by atomic mass is 16.5. The van der Waals surface area contributed by atoms with E-state index in [4.69, 9.17) is 4.74 Å². The van der Waals surface area contributed by atoms with Gasteiger partial charge in [-0.25, -0.2) is 0 Å². The second-order valence-electron chi connectivity index (χ2n) is 5.64. The van der Waals surface area contributed by atoms with Crippen LogP contribution in [0.1, 0.15) is 47.2 Å². The zero-order valence-electron chi connectivity index (χ0n) is 11.7. The average Bonchev–Trinajstić information content (AvgIpc) is 3.13. The first kappa shape index (κ1) is 13.6. The van der Waals surface area contributed by atoms with Crippen LogP contribution in [0.15, 0.2) is 18.2 Å². The number of hydrogen-bond acceptors (Lipinski definition) is 3. The van der Waals surface area contributed by atoms with Gasteiger partial charge in [-0.2, -0.15) is 0 Å². The number of carbonyl (C=O) groups excluding carboxylic acids is 1. The van der Waals surface area contributed by atoms with Gasteiger partial charge in [-0.05, 0) is 36.1 Å². The monoisotopic (exact) mass is 275 g/mol. The van der Waals surface area contributed by atoms with Crippen LogP contribution in [0, 0.1) is 0 Å². The Labute approximate surface area is 119 Å². The molecule has 3 rings (SSSR count). The van der Waals surface area contributed by atoms with Crippen molar-refractivity contribution in [3.8, 4) is 0 Å². The predicted octanol–water partition coefficient (Wildman–Crippen LogP) is 2.09. The molecule has 0 saturated heterocycles. The lowest BCUT2D eigenvalue weighted by Gasteiger charge is -2.28. The second kappa shape index (κ2) is 5.94. The van der Waals surface area contributed by atoms with Crippen LogP contribution in [0.25, 0.3) is 0 Å². The van der Waals surface area contributed by atoms with E-state index in [1.807, 2.05) is 23.1 Å². The Balaban J connectivity index is 1.81. The molecule has 2 aliphatic rings. The first-order valence-electron chi connectivity index (χ1n) is 7.41. The van der Waals surface area contributed by atoms with E-state index in [9.17, 15) is 9.90 Å². The van der Waals surface area contributed by atoms with Crippen molar-refractivity contribution >= 4 is 5.91 Å². The Kier molecular flexibility index (Phi) is 4.03. The van der Waals surface area contributed by atoms with Gasteiger partial charge in [0.15, 0.2) is 0 Å². The van der Waals surface area contributed by atoms with E-state index in [1.165, 1.54) is 18.4 Å². The standard InChI is InChI=1S/C16H21NO3/c18-8-7-17(15-3-1-2-4-15)16(19)12-5-6-13-10-20-11-14(13)9-12/h5-6,9,15,18H,1-4,7-8,10-11H2. The van der Waals surface area contributed by atoms with E-state index < -0.39 is 0 Å². The fourth-order valence-corrected chi connectivity index (χ4v) is 3.24. The van der Waals surface area contributed by atoms with E-state index in [0.717, 1.165) is 24.0 Å². The number of ether oxygens (including phenoxy) is 1. The number of fused-ring (bicyclic) bond motifs is 1. The number of benzene rings is 1. The van der Waals surface area contributed by atoms with Crippen LogP contribution >= 0.6 is 0 Å². The summed E-state index contributed by atoms with van der Waals surface area (Å²) in [5.41, 5.74) is 3.01. The van der Waals surface area contributed by atoms with E-state index in [1.54, 1.807) is 0 Å². The predicted molar refractivity (Wildman–Crippen MR) is 75.3 cm³/mol. The molecule has 1 aliphatic heterocycles. The van der Waals surface area contributed by atoms with Gasteiger partial charge in [0.05, 0.1) is 19.8 Å². The zero-order chi connectivity index (χ0) is 13.9. The maximum absolute atomic E-state index is 12.7. The molecule has 1 aromatic carbocycles. The SMILES string of the molecule is O=C(c1ccc2c(c1)COC2)N(CCO)C1CCCC1. The van der Waals surface area contributed by atoms with E-state index in [0.29, 0.717) is 25.8 Å². The molecule has 1 saturated carbocycles. The highest BCUT2D eigenvalue weighted by Crippen LogP contribution is 2.26. The van der Waals surface area contributed by atoms with Crippen molar-refractivity contribution < 1.29 is 14.6 Å². The third-order valence-corrected chi connectivity index (χ3v) is 4.34. The quantitative estimate of drug-likeness (QED) is 0.915. The van der Waals surface area contributed by atoms with E-state index >= 15 is 0 Å². The molecule has 108 valence electrons. The topological polar surface area (TPSA) is 49.8 Å². The van der Waals surface area contributed by atoms with Crippen LogP contribution in [0.5, 0.6) is 0 Å². The number of nitrogens with zero attached hydrogens (tertiary/aromatic N) is 1. The van der Waals surface area contributed by atoms with E-state index in [-0.39, 0.29) is 12.5 Å². The van der Waals surface area contributed by atoms with Crippen LogP contribution in [0.4, 0.5) is 0 Å². The minimum Gasteiger partial charge on any atom is -0.395 e. The van der Waals surface area contributed by atoms with Crippen molar-refractivity contribution in [2.75, 3.05) is 13.2 Å². The summed E-state index contributed by atoms with van der Waals surface area (Å²) >= 11 is 0. The smallest absolute Gasteiger partial charge is 0.254 e. The molecule has 1 heterocycles. The summed E-state index contributed by atoms with van der Waals surface area (Å²) in [6.07, 6.45) is 4.47. The van der Waals surface area contributed by atoms with Crippen molar-refractivity contribution in [2.45, 2.75) is 44.9 Å². The maximum atomic E-state index is 12.7. The van der Waals surface area contributed by atoms with Gasteiger partial charge in [0, 0.05) is 18.2 Å². The summed E-state index contributed by atoms with van der Waals surface area (Å²) in [5.74, 6) is 0.0423. The fraction of sp³-hybridized carbons (Fsp3) is 0.562. The van der Waals surface area contributed by atoms with Gasteiger partial charge in [-0.15, -0.1) is 0 Å². The third kappa shape index (κ3) is 2.58. The third-order valence-electron chi connectivity index (χ3n) is 4.34. The molecule has 0 radical (unpaired) electrons. The minimum atomic E-state index is 0.0241. The molecule has 0 spiro atoms. The maximum Gasteiger partial charge on any atom is 0.254 e. The lowest BCUT2D eigenvalue weighted by molar-refractivity contribution is 0.0638. The summed E-state index contributed by atoms with van der Waals surface area (Å²) in [4.78, 5) is 14.5. The van der Waals surface area contributed by atoms with Crippen molar-refractivity contribution in [2.24, 2.45) is 0 Å². The lowest BCUT2D eigenvalue weighted by atomic mass is 10.0. The van der Waals surface area contributed by atoms with Crippen LogP contribution < -0.4 is 0 Å². The number of hydrogen-bond donors (Lipinski definition) is 1. The molecule has 0 bridgehead atoms. The Morgan fingerprint density at radius 2 is 2.00 bits per heavy atom. The Morgan fingerprint density at radius 3 is 2.75 bits per heavy atom. The van der Waals surface area contributed by atoms with Crippen LogP contribution in [0.3, 0.4) is 0 Å². The van der Waals surface area contributed by atoms with Crippen molar-refractivity contribution in [1.82, 2.24) is 4.90 Å². The first-order chi connectivity index (χ1) is 9.79. The molecular weight excluding hydrogens is 254 g/mol. The molecule has 1 N–H and O–H groups in total. The number of aliphatic hydroxyl groups is 1. The Morgan fingerprint density at radius 1 is 1.25 bits per heavy atom. The summed E-state index contributed by atoms with van der Waals surface area (Å²) in [5, 5.41) is 9.23. The molecule has 4 nitrogen and oxygen atoms in total. The molecule has 0 atom stereocenters. The summed E-state index contributed by atoms with van der Waals surface area (Å²) in [6, 6.07) is 6.11. The Bertz CT molecular complexity index is 494. The molecule has 4 heteroatoms. The number of carbonyl (C=O) groups is 1. The largest absolute Gasteiger partial charge is 0.395 e. The van der Waals surface area contributed by atoms with E-state index in [2.05, 4.69) is 0 Å². The van der Waals surface area contributed by atoms with Gasteiger partial charge in [-0.1, -0.05) is 18.9 Å². The van der Waals surface area contributed by atoms with Gasteiger partial charge in [0.1, 0.15) is 0 Å². The summed E-state index contributed by atoms with van der Waals surface area (Å²) in [7, 11) is 0. The first-order valence-corrected chi connectivity index (χ1v) is 7.41. The molecule has 1 amide bonds. The number of rotatable bonds is 4.